The maximum atomic E-state index is 13.2. The second-order valence-electron chi connectivity index (χ2n) is 6.84. The minimum Gasteiger partial charge on any atom is -0.463 e. The van der Waals surface area contributed by atoms with Crippen LogP contribution in [0.15, 0.2) is 48.8 Å². The normalized spacial score (nSPS) is 12.1. The SMILES string of the molecule is CCCOc1nc(N[C@@H](C)c2ccc(F)cc2)cc(-c2c(N)nn3cccnc23)n1.[HH].[HH].[HH]. The Morgan fingerprint density at radius 3 is 2.83 bits per heavy atom. The van der Waals surface area contributed by atoms with Gasteiger partial charge < -0.3 is 15.8 Å². The molecule has 160 valence electrons. The summed E-state index contributed by atoms with van der Waals surface area (Å²) >= 11 is 0. The molecule has 0 saturated carbocycles. The van der Waals surface area contributed by atoms with Crippen molar-refractivity contribution in [1.82, 2.24) is 24.6 Å². The van der Waals surface area contributed by atoms with Crippen LogP contribution in [0.2, 0.25) is 0 Å². The molecule has 30 heavy (non-hydrogen) atoms. The fourth-order valence-electron chi connectivity index (χ4n) is 3.09. The Hall–Kier alpha value is -3.75. The number of hydrogen-bond donors (Lipinski definition) is 2. The highest BCUT2D eigenvalue weighted by Gasteiger charge is 2.18. The minimum absolute atomic E-state index is 0. The van der Waals surface area contributed by atoms with Crippen LogP contribution >= 0.6 is 0 Å². The van der Waals surface area contributed by atoms with E-state index in [1.54, 1.807) is 41.2 Å². The highest BCUT2D eigenvalue weighted by atomic mass is 19.1. The highest BCUT2D eigenvalue weighted by molar-refractivity contribution is 5.85. The quantitative estimate of drug-likeness (QED) is 0.456. The first kappa shape index (κ1) is 19.6. The van der Waals surface area contributed by atoms with Gasteiger partial charge in [-0.25, -0.2) is 13.9 Å². The summed E-state index contributed by atoms with van der Waals surface area (Å²) in [4.78, 5) is 13.4. The van der Waals surface area contributed by atoms with E-state index in [1.165, 1.54) is 12.1 Å². The lowest BCUT2D eigenvalue weighted by Gasteiger charge is -2.16. The molecule has 0 aliphatic carbocycles. The Kier molecular flexibility index (Phi) is 5.42. The molecule has 3 N–H and O–H groups in total. The van der Waals surface area contributed by atoms with Crippen molar-refractivity contribution in [2.45, 2.75) is 26.3 Å². The molecule has 4 rings (SSSR count). The van der Waals surface area contributed by atoms with Crippen molar-refractivity contribution >= 4 is 17.3 Å². The van der Waals surface area contributed by atoms with E-state index in [4.69, 9.17) is 10.5 Å². The molecule has 3 aromatic heterocycles. The lowest BCUT2D eigenvalue weighted by Crippen LogP contribution is -2.10. The molecule has 0 aliphatic heterocycles. The Bertz CT molecular complexity index is 1170. The first-order chi connectivity index (χ1) is 14.5. The van der Waals surface area contributed by atoms with Crippen molar-refractivity contribution in [2.75, 3.05) is 17.7 Å². The number of fused-ring (bicyclic) bond motifs is 1. The van der Waals surface area contributed by atoms with E-state index in [0.29, 0.717) is 35.1 Å². The van der Waals surface area contributed by atoms with E-state index in [0.717, 1.165) is 12.0 Å². The van der Waals surface area contributed by atoms with Crippen LogP contribution in [0.1, 0.15) is 36.2 Å². The number of benzene rings is 1. The van der Waals surface area contributed by atoms with E-state index in [2.05, 4.69) is 25.4 Å². The van der Waals surface area contributed by atoms with Crippen LogP contribution in [-0.4, -0.2) is 31.2 Å². The molecule has 0 aliphatic rings. The number of rotatable bonds is 7. The van der Waals surface area contributed by atoms with E-state index in [1.807, 2.05) is 13.8 Å². The predicted molar refractivity (Wildman–Crippen MR) is 119 cm³/mol. The second kappa shape index (κ2) is 8.32. The van der Waals surface area contributed by atoms with Gasteiger partial charge in [0.2, 0.25) is 0 Å². The fourth-order valence-corrected chi connectivity index (χ4v) is 3.09. The smallest absolute Gasteiger partial charge is 0.318 e. The third-order valence-corrected chi connectivity index (χ3v) is 4.55. The second-order valence-corrected chi connectivity index (χ2v) is 6.84. The van der Waals surface area contributed by atoms with Gasteiger partial charge in [-0.3, -0.25) is 0 Å². The molecule has 0 fully saturated rings. The van der Waals surface area contributed by atoms with Crippen molar-refractivity contribution in [3.05, 3.63) is 60.2 Å². The lowest BCUT2D eigenvalue weighted by molar-refractivity contribution is 0.293. The standard InChI is InChI=1S/C21H22FN7O.3H2/c1-3-11-30-21-26-16(18-19(23)28-29-10-4-9-24-20(18)29)12-17(27-21)25-13(2)14-5-7-15(22)8-6-14;;;/h4-10,12-13H,3,11H2,1-2H3,(H2,23,28)(H,25,26,27);3*1H/t13-;;;/m0.../s1. The number of nitrogens with zero attached hydrogens (tertiary/aromatic N) is 5. The summed E-state index contributed by atoms with van der Waals surface area (Å²) in [5.41, 5.74) is 8.83. The number of ether oxygens (including phenoxy) is 1. The zero-order chi connectivity index (χ0) is 21.1. The van der Waals surface area contributed by atoms with Crippen molar-refractivity contribution < 1.29 is 13.4 Å². The van der Waals surface area contributed by atoms with Crippen LogP contribution < -0.4 is 15.8 Å². The minimum atomic E-state index is -0.276. The Balaban J connectivity index is 0.00000181. The molecule has 0 amide bonds. The number of aromatic nitrogens is 5. The molecular weight excluding hydrogens is 385 g/mol. The molecule has 8 nitrogen and oxygen atoms in total. The van der Waals surface area contributed by atoms with Gasteiger partial charge in [0.15, 0.2) is 11.5 Å². The van der Waals surface area contributed by atoms with Crippen LogP contribution in [0.25, 0.3) is 16.9 Å². The van der Waals surface area contributed by atoms with Gasteiger partial charge in [0.25, 0.3) is 0 Å². The molecular formula is C21H28FN7O. The molecule has 0 unspecified atom stereocenters. The van der Waals surface area contributed by atoms with Gasteiger partial charge in [-0.1, -0.05) is 19.1 Å². The van der Waals surface area contributed by atoms with Crippen molar-refractivity contribution in [3.63, 3.8) is 0 Å². The molecule has 0 spiro atoms. The topological polar surface area (TPSA) is 103 Å². The Labute approximate surface area is 177 Å². The van der Waals surface area contributed by atoms with E-state index >= 15 is 0 Å². The number of nitrogens with two attached hydrogens (primary N) is 1. The summed E-state index contributed by atoms with van der Waals surface area (Å²) in [5.74, 6) is 0.588. The summed E-state index contributed by atoms with van der Waals surface area (Å²) < 4.78 is 20.5. The molecule has 4 aromatic rings. The van der Waals surface area contributed by atoms with Gasteiger partial charge >= 0.3 is 6.01 Å². The number of nitrogens with one attached hydrogen (secondary N) is 1. The highest BCUT2D eigenvalue weighted by Crippen LogP contribution is 2.31. The molecule has 3 heterocycles. The van der Waals surface area contributed by atoms with Crippen LogP contribution in [-0.2, 0) is 0 Å². The monoisotopic (exact) mass is 413 g/mol. The molecule has 0 radical (unpaired) electrons. The van der Waals surface area contributed by atoms with E-state index < -0.39 is 0 Å². The summed E-state index contributed by atoms with van der Waals surface area (Å²) in [6, 6.07) is 10.00. The van der Waals surface area contributed by atoms with E-state index in [9.17, 15) is 4.39 Å². The first-order valence-corrected chi connectivity index (χ1v) is 9.68. The number of nitrogen functional groups attached to an aromatic ring is 1. The number of anilines is 2. The van der Waals surface area contributed by atoms with Gasteiger partial charge in [0, 0.05) is 28.8 Å². The van der Waals surface area contributed by atoms with Crippen molar-refractivity contribution in [1.29, 1.82) is 0 Å². The van der Waals surface area contributed by atoms with Crippen molar-refractivity contribution in [2.24, 2.45) is 0 Å². The molecule has 1 aromatic carbocycles. The summed E-state index contributed by atoms with van der Waals surface area (Å²) in [5, 5.41) is 7.62. The first-order valence-electron chi connectivity index (χ1n) is 9.68. The van der Waals surface area contributed by atoms with Gasteiger partial charge in [0.05, 0.1) is 17.9 Å². The summed E-state index contributed by atoms with van der Waals surface area (Å²) in [7, 11) is 0. The molecule has 0 saturated heterocycles. The fraction of sp³-hybridized carbons (Fsp3) is 0.238. The molecule has 0 bridgehead atoms. The van der Waals surface area contributed by atoms with Crippen LogP contribution in [0.3, 0.4) is 0 Å². The summed E-state index contributed by atoms with van der Waals surface area (Å²) in [6.45, 7) is 4.46. The van der Waals surface area contributed by atoms with Crippen LogP contribution in [0.4, 0.5) is 16.0 Å². The van der Waals surface area contributed by atoms with Gasteiger partial charge in [-0.15, -0.1) is 5.10 Å². The van der Waals surface area contributed by atoms with Gasteiger partial charge in [0.1, 0.15) is 11.6 Å². The van der Waals surface area contributed by atoms with Crippen molar-refractivity contribution in [3.8, 4) is 17.3 Å². The number of halogens is 1. The average Bonchev–Trinajstić information content (AvgIpc) is 3.08. The van der Waals surface area contributed by atoms with Crippen LogP contribution in [0, 0.1) is 5.82 Å². The Morgan fingerprint density at radius 1 is 1.27 bits per heavy atom. The lowest BCUT2D eigenvalue weighted by atomic mass is 10.1. The maximum absolute atomic E-state index is 13.2. The zero-order valence-corrected chi connectivity index (χ0v) is 16.7. The third-order valence-electron chi connectivity index (χ3n) is 4.55. The molecule has 9 heteroatoms. The Morgan fingerprint density at radius 2 is 2.07 bits per heavy atom. The van der Waals surface area contributed by atoms with Gasteiger partial charge in [-0.05, 0) is 37.1 Å². The molecule has 1 atom stereocenters. The van der Waals surface area contributed by atoms with Crippen LogP contribution in [0.5, 0.6) is 6.01 Å². The average molecular weight is 414 g/mol. The maximum Gasteiger partial charge on any atom is 0.318 e. The number of hydrogen-bond acceptors (Lipinski definition) is 7. The predicted octanol–water partition coefficient (Wildman–Crippen LogP) is 4.61. The largest absolute Gasteiger partial charge is 0.463 e. The van der Waals surface area contributed by atoms with Gasteiger partial charge in [-0.2, -0.15) is 9.97 Å². The third kappa shape index (κ3) is 4.00. The zero-order valence-electron chi connectivity index (χ0n) is 16.7. The summed E-state index contributed by atoms with van der Waals surface area (Å²) in [6.07, 6.45) is 4.27. The van der Waals surface area contributed by atoms with E-state index in [-0.39, 0.29) is 22.1 Å².